The van der Waals surface area contributed by atoms with Crippen molar-refractivity contribution >= 4 is 34.1 Å². The summed E-state index contributed by atoms with van der Waals surface area (Å²) in [7, 11) is 0. The first-order valence-electron chi connectivity index (χ1n) is 6.74. The number of Topliss-reactive ketones (excluding diaryl/α,β-unsaturated/α-hetero) is 1. The van der Waals surface area contributed by atoms with Crippen LogP contribution in [0.2, 0.25) is 0 Å². The summed E-state index contributed by atoms with van der Waals surface area (Å²) in [5.41, 5.74) is -0.271. The summed E-state index contributed by atoms with van der Waals surface area (Å²) < 4.78 is 3.49. The number of hydrogen-bond acceptors (Lipinski definition) is 6. The van der Waals surface area contributed by atoms with Gasteiger partial charge in [0.15, 0.2) is 0 Å². The van der Waals surface area contributed by atoms with Crippen molar-refractivity contribution < 1.29 is 19.4 Å². The third kappa shape index (κ3) is 2.31. The highest BCUT2D eigenvalue weighted by atomic mass is 127. The lowest BCUT2D eigenvalue weighted by molar-refractivity contribution is -0.525. The van der Waals surface area contributed by atoms with E-state index >= 15 is 0 Å². The van der Waals surface area contributed by atoms with Crippen LogP contribution in [0.25, 0.3) is 0 Å². The van der Waals surface area contributed by atoms with E-state index in [4.69, 9.17) is 4.74 Å². The van der Waals surface area contributed by atoms with Gasteiger partial charge in [0, 0.05) is 33.6 Å². The zero-order valence-corrected chi connectivity index (χ0v) is 14.1. The van der Waals surface area contributed by atoms with Gasteiger partial charge in [0.05, 0.1) is 16.1 Å². The summed E-state index contributed by atoms with van der Waals surface area (Å²) in [4.78, 5) is 34.3. The van der Waals surface area contributed by atoms with Gasteiger partial charge in [-0.05, 0) is 18.2 Å². The molecule has 1 aliphatic heterocycles. The molecule has 0 amide bonds. The predicted octanol–water partition coefficient (Wildman–Crippen LogP) is 3.32. The van der Waals surface area contributed by atoms with E-state index in [9.17, 15) is 25.0 Å². The van der Waals surface area contributed by atoms with Gasteiger partial charge in [0.2, 0.25) is 6.10 Å². The molecule has 1 aliphatic rings. The molecule has 0 bridgehead atoms. The molecule has 0 aliphatic carbocycles. The van der Waals surface area contributed by atoms with Crippen molar-refractivity contribution in [3.63, 3.8) is 0 Å². The average Bonchev–Trinajstić information content (AvgIpc) is 2.58. The number of rotatable bonds is 3. The molecule has 0 saturated heterocycles. The van der Waals surface area contributed by atoms with Gasteiger partial charge < -0.3 is 4.74 Å². The number of halogens is 1. The molecular weight excluding hydrogens is 431 g/mol. The Morgan fingerprint density at radius 1 is 1.04 bits per heavy atom. The minimum Gasteiger partial charge on any atom is -0.476 e. The Morgan fingerprint density at radius 3 is 2.33 bits per heavy atom. The number of ketones is 1. The molecule has 9 heteroatoms. The van der Waals surface area contributed by atoms with Gasteiger partial charge >= 0.3 is 3.55 Å². The first-order chi connectivity index (χ1) is 11.4. The highest BCUT2D eigenvalue weighted by Gasteiger charge is 2.62. The van der Waals surface area contributed by atoms with Crippen LogP contribution in [-0.4, -0.2) is 19.2 Å². The molecular formula is C15H9IN2O6. The molecule has 0 radical (unpaired) electrons. The number of nitro benzene ring substituents is 1. The summed E-state index contributed by atoms with van der Waals surface area (Å²) in [6, 6.07) is 11.7. The Bertz CT molecular complexity index is 871. The summed E-state index contributed by atoms with van der Waals surface area (Å²) in [6.07, 6.45) is -1.42. The van der Waals surface area contributed by atoms with E-state index in [1.165, 1.54) is 59.0 Å². The first-order valence-corrected chi connectivity index (χ1v) is 7.82. The molecule has 2 aromatic carbocycles. The SMILES string of the molecule is O=C1c2ccccc2OC(c2ccccc2[N+](=O)[O-])C1(I)[N+](=O)[O-]. The topological polar surface area (TPSA) is 113 Å². The second kappa shape index (κ2) is 5.82. The fourth-order valence-electron chi connectivity index (χ4n) is 2.59. The number of carbonyl (C=O) groups is 1. The van der Waals surface area contributed by atoms with Crippen LogP contribution in [0.3, 0.4) is 0 Å². The normalized spacial score (nSPS) is 22.4. The van der Waals surface area contributed by atoms with Crippen molar-refractivity contribution in [2.75, 3.05) is 0 Å². The van der Waals surface area contributed by atoms with Crippen molar-refractivity contribution in [1.29, 1.82) is 0 Å². The Morgan fingerprint density at radius 2 is 1.67 bits per heavy atom. The molecule has 0 aromatic heterocycles. The molecule has 2 atom stereocenters. The number of carbonyl (C=O) groups excluding carboxylic acids is 1. The molecule has 0 fully saturated rings. The molecule has 122 valence electrons. The number of ether oxygens (including phenoxy) is 1. The lowest BCUT2D eigenvalue weighted by atomic mass is 9.91. The minimum atomic E-state index is -2.20. The summed E-state index contributed by atoms with van der Waals surface area (Å²) in [6.45, 7) is 0. The van der Waals surface area contributed by atoms with Crippen molar-refractivity contribution in [3.05, 3.63) is 79.9 Å². The van der Waals surface area contributed by atoms with Gasteiger partial charge in [-0.25, -0.2) is 0 Å². The maximum Gasteiger partial charge on any atom is 0.370 e. The number of fused-ring (bicyclic) bond motifs is 1. The Balaban J connectivity index is 2.25. The van der Waals surface area contributed by atoms with Crippen molar-refractivity contribution in [3.8, 4) is 5.75 Å². The van der Waals surface area contributed by atoms with E-state index in [0.717, 1.165) is 0 Å². The van der Waals surface area contributed by atoms with Crippen LogP contribution in [-0.2, 0) is 0 Å². The van der Waals surface area contributed by atoms with E-state index in [-0.39, 0.29) is 22.6 Å². The summed E-state index contributed by atoms with van der Waals surface area (Å²) in [5, 5.41) is 23.0. The van der Waals surface area contributed by atoms with Gasteiger partial charge in [0.25, 0.3) is 11.5 Å². The maximum absolute atomic E-state index is 12.7. The fraction of sp³-hybridized carbons (Fsp3) is 0.133. The number of benzene rings is 2. The van der Waals surface area contributed by atoms with Crippen LogP contribution in [0.4, 0.5) is 5.69 Å². The van der Waals surface area contributed by atoms with E-state index in [0.29, 0.717) is 0 Å². The van der Waals surface area contributed by atoms with E-state index in [1.807, 2.05) is 0 Å². The minimum absolute atomic E-state index is 0.0172. The number of nitrogens with zero attached hydrogens (tertiary/aromatic N) is 2. The third-order valence-corrected chi connectivity index (χ3v) is 5.17. The van der Waals surface area contributed by atoms with Crippen LogP contribution in [0, 0.1) is 20.2 Å². The number of para-hydroxylation sites is 2. The number of hydrogen-bond donors (Lipinski definition) is 0. The molecule has 0 saturated carbocycles. The second-order valence-electron chi connectivity index (χ2n) is 5.07. The highest BCUT2D eigenvalue weighted by Crippen LogP contribution is 2.48. The van der Waals surface area contributed by atoms with Gasteiger partial charge in [-0.15, -0.1) is 0 Å². The lowest BCUT2D eigenvalue weighted by Crippen LogP contribution is -2.50. The van der Waals surface area contributed by atoms with Crippen LogP contribution in [0.1, 0.15) is 22.0 Å². The van der Waals surface area contributed by atoms with Gasteiger partial charge in [-0.1, -0.05) is 24.3 Å². The monoisotopic (exact) mass is 440 g/mol. The standard InChI is InChI=1S/C15H9IN2O6/c16-15(18(22)23)13(19)10-6-2-4-8-12(10)24-14(15)9-5-1-3-7-11(9)17(20)21/h1-8,14H. The Labute approximate surface area is 148 Å². The quantitative estimate of drug-likeness (QED) is 0.238. The van der Waals surface area contributed by atoms with Crippen LogP contribution in [0.15, 0.2) is 48.5 Å². The van der Waals surface area contributed by atoms with Gasteiger partial charge in [0.1, 0.15) is 5.75 Å². The largest absolute Gasteiger partial charge is 0.476 e. The zero-order valence-electron chi connectivity index (χ0n) is 11.9. The molecule has 3 rings (SSSR count). The predicted molar refractivity (Wildman–Crippen MR) is 91.0 cm³/mol. The van der Waals surface area contributed by atoms with Crippen molar-refractivity contribution in [1.82, 2.24) is 0 Å². The van der Waals surface area contributed by atoms with Gasteiger partial charge in [-0.3, -0.25) is 25.0 Å². The van der Waals surface area contributed by atoms with E-state index in [2.05, 4.69) is 0 Å². The Kier molecular flexibility index (Phi) is 3.95. The van der Waals surface area contributed by atoms with Crippen molar-refractivity contribution in [2.45, 2.75) is 9.65 Å². The third-order valence-electron chi connectivity index (χ3n) is 3.72. The van der Waals surface area contributed by atoms with Crippen LogP contribution < -0.4 is 4.74 Å². The summed E-state index contributed by atoms with van der Waals surface area (Å²) in [5.74, 6) is -0.585. The smallest absolute Gasteiger partial charge is 0.370 e. The highest BCUT2D eigenvalue weighted by molar-refractivity contribution is 14.1. The molecule has 0 N–H and O–H groups in total. The summed E-state index contributed by atoms with van der Waals surface area (Å²) >= 11 is 1.41. The average molecular weight is 440 g/mol. The van der Waals surface area contributed by atoms with Gasteiger partial charge in [-0.2, -0.15) is 0 Å². The molecule has 2 aromatic rings. The van der Waals surface area contributed by atoms with E-state index in [1.54, 1.807) is 12.1 Å². The maximum atomic E-state index is 12.7. The number of nitro groups is 2. The fourth-order valence-corrected chi connectivity index (χ4v) is 3.35. The molecule has 0 spiro atoms. The molecule has 2 unspecified atom stereocenters. The van der Waals surface area contributed by atoms with Crippen LogP contribution in [0.5, 0.6) is 5.75 Å². The molecule has 24 heavy (non-hydrogen) atoms. The first kappa shape index (κ1) is 16.3. The van der Waals surface area contributed by atoms with Crippen LogP contribution >= 0.6 is 22.6 Å². The Hall–Kier alpha value is -2.56. The number of alkyl halides is 1. The molecule has 1 heterocycles. The lowest BCUT2D eigenvalue weighted by Gasteiger charge is -2.32. The zero-order chi connectivity index (χ0) is 17.5. The van der Waals surface area contributed by atoms with Crippen molar-refractivity contribution in [2.24, 2.45) is 0 Å². The second-order valence-corrected chi connectivity index (χ2v) is 6.71. The molecule has 8 nitrogen and oxygen atoms in total. The van der Waals surface area contributed by atoms with E-state index < -0.39 is 25.3 Å².